The van der Waals surface area contributed by atoms with Crippen LogP contribution in [0.25, 0.3) is 6.08 Å². The Kier molecular flexibility index (Phi) is 6.77. The summed E-state index contributed by atoms with van der Waals surface area (Å²) in [5.74, 6) is 0.825. The van der Waals surface area contributed by atoms with E-state index in [0.29, 0.717) is 30.2 Å². The molecule has 30 heavy (non-hydrogen) atoms. The molecular formula is C24H28N2O4. The highest BCUT2D eigenvalue weighted by Crippen LogP contribution is 2.35. The molecule has 1 heterocycles. The van der Waals surface area contributed by atoms with Crippen molar-refractivity contribution in [3.63, 3.8) is 0 Å². The number of allylic oxidation sites excluding steroid dienone is 1. The Morgan fingerprint density at radius 3 is 2.23 bits per heavy atom. The summed E-state index contributed by atoms with van der Waals surface area (Å²) in [6, 6.07) is 12.8. The zero-order chi connectivity index (χ0) is 21.7. The van der Waals surface area contributed by atoms with Gasteiger partial charge < -0.3 is 19.3 Å². The van der Waals surface area contributed by atoms with Crippen LogP contribution in [0.1, 0.15) is 43.6 Å². The highest BCUT2D eigenvalue weighted by molar-refractivity contribution is 6.14. The molecule has 0 saturated carbocycles. The highest BCUT2D eigenvalue weighted by Gasteiger charge is 2.28. The maximum absolute atomic E-state index is 12.7. The Morgan fingerprint density at radius 1 is 0.967 bits per heavy atom. The van der Waals surface area contributed by atoms with Gasteiger partial charge in [-0.25, -0.2) is 4.79 Å². The van der Waals surface area contributed by atoms with Crippen LogP contribution in [0.3, 0.4) is 0 Å². The molecule has 0 aliphatic carbocycles. The summed E-state index contributed by atoms with van der Waals surface area (Å²) in [6.07, 6.45) is 1.31. The van der Waals surface area contributed by atoms with E-state index in [1.165, 1.54) is 0 Å². The lowest BCUT2D eigenvalue weighted by molar-refractivity contribution is 0.101. The summed E-state index contributed by atoms with van der Waals surface area (Å²) in [5.41, 5.74) is 2.49. The van der Waals surface area contributed by atoms with Crippen molar-refractivity contribution in [1.29, 1.82) is 0 Å². The average molecular weight is 408 g/mol. The minimum atomic E-state index is -0.423. The number of ether oxygens (including phenoxy) is 2. The standard InChI is InChI=1S/C24H28N2O4/c1-5-25(6-2)18-11-9-17(10-12-18)15-22-23(27)20-14-13-19(16-21(20)30-22)29-24(28)26(7-3)8-4/h9-16H,5-8H2,1-4H3/b22-15-. The van der Waals surface area contributed by atoms with Crippen molar-refractivity contribution in [2.45, 2.75) is 27.7 Å². The molecule has 0 atom stereocenters. The van der Waals surface area contributed by atoms with E-state index in [-0.39, 0.29) is 11.5 Å². The van der Waals surface area contributed by atoms with Crippen LogP contribution in [-0.4, -0.2) is 43.0 Å². The van der Waals surface area contributed by atoms with Crippen LogP contribution in [0.5, 0.6) is 11.5 Å². The van der Waals surface area contributed by atoms with E-state index in [0.717, 1.165) is 24.3 Å². The van der Waals surface area contributed by atoms with Gasteiger partial charge in [0.2, 0.25) is 5.78 Å². The minimum absolute atomic E-state index is 0.181. The normalized spacial score (nSPS) is 13.7. The summed E-state index contributed by atoms with van der Waals surface area (Å²) in [4.78, 5) is 28.7. The topological polar surface area (TPSA) is 59.1 Å². The fourth-order valence-corrected chi connectivity index (χ4v) is 3.40. The van der Waals surface area contributed by atoms with Crippen molar-refractivity contribution in [2.75, 3.05) is 31.1 Å². The van der Waals surface area contributed by atoms with Gasteiger partial charge in [0.25, 0.3) is 0 Å². The van der Waals surface area contributed by atoms with Crippen molar-refractivity contribution in [2.24, 2.45) is 0 Å². The van der Waals surface area contributed by atoms with Gasteiger partial charge >= 0.3 is 6.09 Å². The van der Waals surface area contributed by atoms with Crippen LogP contribution in [-0.2, 0) is 0 Å². The first-order valence-electron chi connectivity index (χ1n) is 10.4. The van der Waals surface area contributed by atoms with E-state index in [1.54, 1.807) is 29.2 Å². The van der Waals surface area contributed by atoms with Gasteiger partial charge in [-0.15, -0.1) is 0 Å². The first-order valence-corrected chi connectivity index (χ1v) is 10.4. The molecule has 0 unspecified atom stereocenters. The van der Waals surface area contributed by atoms with Crippen molar-refractivity contribution < 1.29 is 19.1 Å². The number of hydrogen-bond donors (Lipinski definition) is 0. The number of carbonyl (C=O) groups excluding carboxylic acids is 2. The number of nitrogens with zero attached hydrogens (tertiary/aromatic N) is 2. The molecule has 0 spiro atoms. The third-order valence-corrected chi connectivity index (χ3v) is 5.19. The summed E-state index contributed by atoms with van der Waals surface area (Å²) in [6.45, 7) is 11.0. The molecule has 0 fully saturated rings. The Balaban J connectivity index is 1.76. The summed E-state index contributed by atoms with van der Waals surface area (Å²) in [5, 5.41) is 0. The van der Waals surface area contributed by atoms with Crippen molar-refractivity contribution in [1.82, 2.24) is 4.90 Å². The molecule has 0 radical (unpaired) electrons. The second-order valence-electron chi connectivity index (χ2n) is 6.90. The molecule has 0 bridgehead atoms. The summed E-state index contributed by atoms with van der Waals surface area (Å²) in [7, 11) is 0. The monoisotopic (exact) mass is 408 g/mol. The number of ketones is 1. The number of Topliss-reactive ketones (excluding diaryl/α,β-unsaturated/α-hetero) is 1. The smallest absolute Gasteiger partial charge is 0.415 e. The van der Waals surface area contributed by atoms with Gasteiger partial charge in [-0.3, -0.25) is 4.79 Å². The molecule has 0 saturated heterocycles. The molecule has 0 aromatic heterocycles. The van der Waals surface area contributed by atoms with E-state index in [4.69, 9.17) is 9.47 Å². The van der Waals surface area contributed by atoms with Crippen LogP contribution in [0.15, 0.2) is 48.2 Å². The third kappa shape index (κ3) is 4.48. The lowest BCUT2D eigenvalue weighted by Crippen LogP contribution is -2.33. The quantitative estimate of drug-likeness (QED) is 0.604. The van der Waals surface area contributed by atoms with Gasteiger partial charge in [0.15, 0.2) is 5.76 Å². The Morgan fingerprint density at radius 2 is 1.63 bits per heavy atom. The predicted molar refractivity (Wildman–Crippen MR) is 118 cm³/mol. The Hall–Kier alpha value is -3.28. The predicted octanol–water partition coefficient (Wildman–Crippen LogP) is 4.99. The van der Waals surface area contributed by atoms with Crippen LogP contribution >= 0.6 is 0 Å². The minimum Gasteiger partial charge on any atom is -0.452 e. The second-order valence-corrected chi connectivity index (χ2v) is 6.90. The van der Waals surface area contributed by atoms with Gasteiger partial charge in [-0.2, -0.15) is 0 Å². The molecule has 1 aliphatic heterocycles. The largest absolute Gasteiger partial charge is 0.452 e. The SMILES string of the molecule is CCN(CC)C(=O)Oc1ccc2c(c1)O/C(=C\c1ccc(N(CC)CC)cc1)C2=O. The molecule has 158 valence electrons. The molecule has 1 amide bonds. The Bertz CT molecular complexity index is 942. The number of carbonyl (C=O) groups is 2. The maximum Gasteiger partial charge on any atom is 0.415 e. The first-order chi connectivity index (χ1) is 14.5. The molecule has 0 N–H and O–H groups in total. The van der Waals surface area contributed by atoms with Gasteiger partial charge in [-0.1, -0.05) is 12.1 Å². The molecule has 6 nitrogen and oxygen atoms in total. The van der Waals surface area contributed by atoms with Crippen molar-refractivity contribution in [3.05, 3.63) is 59.4 Å². The van der Waals surface area contributed by atoms with Gasteiger partial charge in [-0.05, 0) is 63.6 Å². The number of fused-ring (bicyclic) bond motifs is 1. The molecule has 2 aromatic rings. The third-order valence-electron chi connectivity index (χ3n) is 5.19. The number of amides is 1. The van der Waals surface area contributed by atoms with Crippen LogP contribution in [0.2, 0.25) is 0 Å². The molecule has 3 rings (SSSR count). The molecule has 1 aliphatic rings. The van der Waals surface area contributed by atoms with Crippen molar-refractivity contribution >= 4 is 23.6 Å². The van der Waals surface area contributed by atoms with E-state index in [9.17, 15) is 9.59 Å². The second kappa shape index (κ2) is 9.48. The zero-order valence-corrected chi connectivity index (χ0v) is 18.0. The maximum atomic E-state index is 12.7. The van der Waals surface area contributed by atoms with Crippen molar-refractivity contribution in [3.8, 4) is 11.5 Å². The van der Waals surface area contributed by atoms with Gasteiger partial charge in [0, 0.05) is 37.9 Å². The van der Waals surface area contributed by atoms with Crippen LogP contribution in [0.4, 0.5) is 10.5 Å². The van der Waals surface area contributed by atoms with Gasteiger partial charge in [0.1, 0.15) is 11.5 Å². The molecule has 6 heteroatoms. The highest BCUT2D eigenvalue weighted by atomic mass is 16.6. The Labute approximate surface area is 177 Å². The van der Waals surface area contributed by atoms with Crippen LogP contribution in [0, 0.1) is 0 Å². The van der Waals surface area contributed by atoms with E-state index < -0.39 is 6.09 Å². The van der Waals surface area contributed by atoms with Crippen LogP contribution < -0.4 is 14.4 Å². The van der Waals surface area contributed by atoms with E-state index >= 15 is 0 Å². The number of benzene rings is 2. The fourth-order valence-electron chi connectivity index (χ4n) is 3.40. The number of hydrogen-bond acceptors (Lipinski definition) is 5. The lowest BCUT2D eigenvalue weighted by atomic mass is 10.1. The average Bonchev–Trinajstić information content (AvgIpc) is 3.05. The van der Waals surface area contributed by atoms with E-state index in [2.05, 4.69) is 18.7 Å². The number of anilines is 1. The summed E-state index contributed by atoms with van der Waals surface area (Å²) >= 11 is 0. The van der Waals surface area contributed by atoms with E-state index in [1.807, 2.05) is 38.1 Å². The zero-order valence-electron chi connectivity index (χ0n) is 18.0. The fraction of sp³-hybridized carbons (Fsp3) is 0.333. The lowest BCUT2D eigenvalue weighted by Gasteiger charge is -2.20. The number of rotatable bonds is 7. The molecular weight excluding hydrogens is 380 g/mol. The first kappa shape index (κ1) is 21.4. The molecule has 2 aromatic carbocycles. The summed E-state index contributed by atoms with van der Waals surface area (Å²) < 4.78 is 11.2. The van der Waals surface area contributed by atoms with Gasteiger partial charge in [0.05, 0.1) is 5.56 Å².